The standard InChI is InChI=1S/C25H36F2O3.C2H6/c1-5-7-8-9-19-12-15-23(30-16-19)21-13-10-20(11-14-21)17-29-22(6-2)25(27)24(26)18(3)28-4;1-2/h10-11,13-14,19,23H,5-9,12,15-17H2,1-4H3;1-2H3/b24-18-,25-22-;. The maximum atomic E-state index is 14.3. The average molecular weight is 453 g/mol. The number of allylic oxidation sites excluding steroid dienone is 4. The van der Waals surface area contributed by atoms with Crippen LogP contribution in [0.2, 0.25) is 0 Å². The van der Waals surface area contributed by atoms with E-state index in [0.717, 1.165) is 24.2 Å². The first-order valence-electron chi connectivity index (χ1n) is 12.1. The van der Waals surface area contributed by atoms with Gasteiger partial charge in [0.1, 0.15) is 18.1 Å². The maximum Gasteiger partial charge on any atom is 0.199 e. The highest BCUT2D eigenvalue weighted by Crippen LogP contribution is 2.33. The van der Waals surface area contributed by atoms with E-state index in [2.05, 4.69) is 6.92 Å². The third-order valence-corrected chi connectivity index (χ3v) is 5.72. The van der Waals surface area contributed by atoms with Gasteiger partial charge in [-0.15, -0.1) is 0 Å². The highest BCUT2D eigenvalue weighted by molar-refractivity contribution is 5.26. The Morgan fingerprint density at radius 1 is 1.03 bits per heavy atom. The molecule has 5 heteroatoms. The van der Waals surface area contributed by atoms with Gasteiger partial charge >= 0.3 is 0 Å². The van der Waals surface area contributed by atoms with Gasteiger partial charge in [0.15, 0.2) is 11.7 Å². The Morgan fingerprint density at radius 3 is 2.25 bits per heavy atom. The maximum absolute atomic E-state index is 14.3. The van der Waals surface area contributed by atoms with E-state index >= 15 is 0 Å². The lowest BCUT2D eigenvalue weighted by atomic mass is 9.91. The van der Waals surface area contributed by atoms with Crippen LogP contribution < -0.4 is 0 Å². The number of hydrogen-bond donors (Lipinski definition) is 0. The van der Waals surface area contributed by atoms with E-state index in [4.69, 9.17) is 14.2 Å². The zero-order chi connectivity index (χ0) is 23.9. The molecule has 0 saturated carbocycles. The molecular weight excluding hydrogens is 410 g/mol. The molecule has 1 aromatic rings. The zero-order valence-electron chi connectivity index (χ0n) is 20.8. The summed E-state index contributed by atoms with van der Waals surface area (Å²) in [7, 11) is 1.30. The molecule has 0 N–H and O–H groups in total. The summed E-state index contributed by atoms with van der Waals surface area (Å²) in [5.41, 5.74) is 2.06. The number of halogens is 2. The SMILES string of the molecule is CC.CCCCCC1CCC(c2ccc(CO/C(CC)=C(F)/C(F)=C(\C)OC)cc2)OC1. The fourth-order valence-corrected chi connectivity index (χ4v) is 3.67. The van der Waals surface area contributed by atoms with Crippen LogP contribution >= 0.6 is 0 Å². The van der Waals surface area contributed by atoms with E-state index in [0.29, 0.717) is 5.92 Å². The van der Waals surface area contributed by atoms with E-state index in [1.807, 2.05) is 38.1 Å². The summed E-state index contributed by atoms with van der Waals surface area (Å²) >= 11 is 0. The Bertz CT molecular complexity index is 702. The van der Waals surface area contributed by atoms with Crippen molar-refractivity contribution in [2.24, 2.45) is 5.92 Å². The first kappa shape index (κ1) is 28.2. The lowest BCUT2D eigenvalue weighted by Crippen LogP contribution is -2.20. The van der Waals surface area contributed by atoms with Crippen LogP contribution in [-0.2, 0) is 20.8 Å². The molecule has 2 unspecified atom stereocenters. The third-order valence-electron chi connectivity index (χ3n) is 5.72. The summed E-state index contributed by atoms with van der Waals surface area (Å²) in [6.45, 7) is 10.4. The molecule has 1 fully saturated rings. The number of methoxy groups -OCH3 is 1. The second-order valence-electron chi connectivity index (χ2n) is 7.96. The molecule has 2 rings (SSSR count). The second-order valence-corrected chi connectivity index (χ2v) is 7.96. The minimum absolute atomic E-state index is 0.0160. The second kappa shape index (κ2) is 15.8. The molecule has 1 aliphatic rings. The fraction of sp³-hybridized carbons (Fsp3) is 0.630. The number of rotatable bonds is 11. The van der Waals surface area contributed by atoms with Crippen LogP contribution in [0.4, 0.5) is 8.78 Å². The quantitative estimate of drug-likeness (QED) is 0.191. The van der Waals surface area contributed by atoms with Crippen molar-refractivity contribution in [2.75, 3.05) is 13.7 Å². The summed E-state index contributed by atoms with van der Waals surface area (Å²) in [4.78, 5) is 0. The Balaban J connectivity index is 0.00000249. The average Bonchev–Trinajstić information content (AvgIpc) is 2.85. The molecule has 3 nitrogen and oxygen atoms in total. The van der Waals surface area contributed by atoms with E-state index < -0.39 is 11.7 Å². The van der Waals surface area contributed by atoms with Crippen LogP contribution in [0.25, 0.3) is 0 Å². The molecule has 0 bridgehead atoms. The molecule has 0 amide bonds. The predicted molar refractivity (Wildman–Crippen MR) is 127 cm³/mol. The van der Waals surface area contributed by atoms with Crippen molar-refractivity contribution in [1.29, 1.82) is 0 Å². The summed E-state index contributed by atoms with van der Waals surface area (Å²) in [5, 5.41) is 0. The summed E-state index contributed by atoms with van der Waals surface area (Å²) in [6.07, 6.45) is 7.77. The van der Waals surface area contributed by atoms with Crippen molar-refractivity contribution < 1.29 is 23.0 Å². The first-order chi connectivity index (χ1) is 15.5. The topological polar surface area (TPSA) is 27.7 Å². The van der Waals surface area contributed by atoms with Gasteiger partial charge in [-0.2, -0.15) is 8.78 Å². The molecule has 1 aliphatic heterocycles. The number of unbranched alkanes of at least 4 members (excludes halogenated alkanes) is 2. The summed E-state index contributed by atoms with van der Waals surface area (Å²) in [5.74, 6) is -1.46. The lowest BCUT2D eigenvalue weighted by Gasteiger charge is -2.29. The van der Waals surface area contributed by atoms with Crippen LogP contribution in [0.1, 0.15) is 96.8 Å². The van der Waals surface area contributed by atoms with Crippen molar-refractivity contribution in [1.82, 2.24) is 0 Å². The molecule has 182 valence electrons. The molecule has 32 heavy (non-hydrogen) atoms. The van der Waals surface area contributed by atoms with Crippen molar-refractivity contribution >= 4 is 0 Å². The van der Waals surface area contributed by atoms with Gasteiger partial charge in [0.2, 0.25) is 0 Å². The van der Waals surface area contributed by atoms with Crippen molar-refractivity contribution in [3.8, 4) is 0 Å². The van der Waals surface area contributed by atoms with Crippen molar-refractivity contribution in [3.05, 3.63) is 58.6 Å². The van der Waals surface area contributed by atoms with E-state index in [9.17, 15) is 8.78 Å². The van der Waals surface area contributed by atoms with E-state index in [1.165, 1.54) is 46.1 Å². The van der Waals surface area contributed by atoms with Crippen molar-refractivity contribution in [2.45, 2.75) is 92.3 Å². The fourth-order valence-electron chi connectivity index (χ4n) is 3.67. The van der Waals surface area contributed by atoms with Gasteiger partial charge in [0.25, 0.3) is 0 Å². The third kappa shape index (κ3) is 8.93. The first-order valence-corrected chi connectivity index (χ1v) is 12.1. The van der Waals surface area contributed by atoms with E-state index in [-0.39, 0.29) is 30.6 Å². The van der Waals surface area contributed by atoms with Gasteiger partial charge in [-0.05, 0) is 43.2 Å². The number of benzene rings is 1. The largest absolute Gasteiger partial charge is 0.498 e. The molecule has 0 radical (unpaired) electrons. The molecule has 1 aromatic carbocycles. The smallest absolute Gasteiger partial charge is 0.199 e. The minimum Gasteiger partial charge on any atom is -0.498 e. The summed E-state index contributed by atoms with van der Waals surface area (Å²) < 4.78 is 44.6. The Hall–Kier alpha value is -1.88. The highest BCUT2D eigenvalue weighted by Gasteiger charge is 2.22. The van der Waals surface area contributed by atoms with Gasteiger partial charge < -0.3 is 14.2 Å². The predicted octanol–water partition coefficient (Wildman–Crippen LogP) is 8.72. The van der Waals surface area contributed by atoms with Crippen LogP contribution in [-0.4, -0.2) is 13.7 Å². The van der Waals surface area contributed by atoms with Crippen LogP contribution in [0, 0.1) is 5.92 Å². The van der Waals surface area contributed by atoms with Crippen molar-refractivity contribution in [3.63, 3.8) is 0 Å². The number of ether oxygens (including phenoxy) is 3. The zero-order valence-corrected chi connectivity index (χ0v) is 20.8. The van der Waals surface area contributed by atoms with Gasteiger partial charge in [-0.1, -0.05) is 71.2 Å². The van der Waals surface area contributed by atoms with Crippen LogP contribution in [0.15, 0.2) is 47.4 Å². The normalized spacial score (nSPS) is 19.9. The number of hydrogen-bond acceptors (Lipinski definition) is 3. The van der Waals surface area contributed by atoms with Crippen LogP contribution in [0.5, 0.6) is 0 Å². The molecular formula is C27H42F2O3. The Morgan fingerprint density at radius 2 is 1.72 bits per heavy atom. The molecule has 1 heterocycles. The molecule has 0 aliphatic carbocycles. The highest BCUT2D eigenvalue weighted by atomic mass is 19.2. The lowest BCUT2D eigenvalue weighted by molar-refractivity contribution is -0.0199. The Kier molecular flexibility index (Phi) is 13.9. The van der Waals surface area contributed by atoms with Crippen LogP contribution in [0.3, 0.4) is 0 Å². The van der Waals surface area contributed by atoms with Gasteiger partial charge in [0.05, 0.1) is 19.8 Å². The van der Waals surface area contributed by atoms with Gasteiger partial charge in [0, 0.05) is 6.42 Å². The van der Waals surface area contributed by atoms with Gasteiger partial charge in [-0.3, -0.25) is 0 Å². The van der Waals surface area contributed by atoms with Gasteiger partial charge in [-0.25, -0.2) is 0 Å². The molecule has 2 atom stereocenters. The Labute approximate surface area is 193 Å². The molecule has 0 aromatic heterocycles. The molecule has 1 saturated heterocycles. The minimum atomic E-state index is -1.02. The summed E-state index contributed by atoms with van der Waals surface area (Å²) in [6, 6.07) is 8.01. The van der Waals surface area contributed by atoms with E-state index in [1.54, 1.807) is 6.92 Å². The monoisotopic (exact) mass is 452 g/mol. The molecule has 0 spiro atoms.